The van der Waals surface area contributed by atoms with Gasteiger partial charge in [0, 0.05) is 5.92 Å². The third kappa shape index (κ3) is 3.14. The minimum absolute atomic E-state index is 0.0947. The van der Waals surface area contributed by atoms with Gasteiger partial charge in [0.05, 0.1) is 0 Å². The summed E-state index contributed by atoms with van der Waals surface area (Å²) in [5.41, 5.74) is 3.77. The summed E-state index contributed by atoms with van der Waals surface area (Å²) in [6.07, 6.45) is 0. The fourth-order valence-electron chi connectivity index (χ4n) is 2.72. The molecule has 0 aliphatic heterocycles. The number of hydrogen-bond donors (Lipinski definition) is 3. The number of phenols is 3. The van der Waals surface area contributed by atoms with Crippen LogP contribution in [0.1, 0.15) is 28.2 Å². The lowest BCUT2D eigenvalue weighted by Crippen LogP contribution is -2.03. The summed E-state index contributed by atoms with van der Waals surface area (Å²) in [5, 5.41) is 29.1. The number of benzene rings is 3. The van der Waals surface area contributed by atoms with E-state index in [2.05, 4.69) is 0 Å². The lowest BCUT2D eigenvalue weighted by Gasteiger charge is -2.19. The summed E-state index contributed by atoms with van der Waals surface area (Å²) in [6.45, 7) is 1.86. The van der Waals surface area contributed by atoms with Crippen LogP contribution in [0.3, 0.4) is 0 Å². The van der Waals surface area contributed by atoms with Crippen LogP contribution in [0.25, 0.3) is 0 Å². The van der Waals surface area contributed by atoms with Crippen molar-refractivity contribution in [1.82, 2.24) is 0 Å². The predicted octanol–water partition coefficient (Wildman–Crippen LogP) is 4.29. The van der Waals surface area contributed by atoms with Crippen LogP contribution >= 0.6 is 0 Å². The molecule has 0 fully saturated rings. The molecule has 0 saturated heterocycles. The Morgan fingerprint density at radius 3 is 1.48 bits per heavy atom. The molecule has 3 N–H and O–H groups in total. The molecular weight excluding hydrogens is 288 g/mol. The van der Waals surface area contributed by atoms with Gasteiger partial charge >= 0.3 is 0 Å². The maximum Gasteiger partial charge on any atom is 0.118 e. The smallest absolute Gasteiger partial charge is 0.118 e. The van der Waals surface area contributed by atoms with Crippen molar-refractivity contribution in [3.05, 3.63) is 89.0 Å². The number of phenolic OH excluding ortho intramolecular Hbond substituents is 3. The third-order valence-corrected chi connectivity index (χ3v) is 4.02. The van der Waals surface area contributed by atoms with E-state index in [-0.39, 0.29) is 23.2 Å². The SMILES string of the molecule is Cc1ccc(C(c2ccc(O)cc2)c2ccc(O)cc2)cc1O. The maximum atomic E-state index is 10.1. The van der Waals surface area contributed by atoms with Gasteiger partial charge < -0.3 is 15.3 Å². The highest BCUT2D eigenvalue weighted by atomic mass is 16.3. The molecule has 3 aromatic carbocycles. The second kappa shape index (κ2) is 6.05. The highest BCUT2D eigenvalue weighted by molar-refractivity contribution is 5.48. The molecule has 0 aliphatic carbocycles. The Hall–Kier alpha value is -2.94. The van der Waals surface area contributed by atoms with Crippen LogP contribution in [0.5, 0.6) is 17.2 Å². The number of rotatable bonds is 3. The Morgan fingerprint density at radius 1 is 0.609 bits per heavy atom. The van der Waals surface area contributed by atoms with E-state index in [1.807, 2.05) is 43.3 Å². The van der Waals surface area contributed by atoms with Crippen molar-refractivity contribution in [2.75, 3.05) is 0 Å². The van der Waals surface area contributed by atoms with Crippen molar-refractivity contribution >= 4 is 0 Å². The Bertz CT molecular complexity index is 760. The lowest BCUT2D eigenvalue weighted by atomic mass is 9.84. The first-order valence-electron chi connectivity index (χ1n) is 7.42. The van der Waals surface area contributed by atoms with Gasteiger partial charge in [-0.1, -0.05) is 36.4 Å². The average molecular weight is 306 g/mol. The number of aryl methyl sites for hydroxylation is 1. The zero-order chi connectivity index (χ0) is 16.4. The van der Waals surface area contributed by atoms with Gasteiger partial charge in [-0.25, -0.2) is 0 Å². The standard InChI is InChI=1S/C20H18O3/c1-13-2-3-16(12-19(13)23)20(14-4-8-17(21)9-5-14)15-6-10-18(22)11-7-15/h2-12,20-23H,1H3. The largest absolute Gasteiger partial charge is 0.508 e. The molecule has 0 aliphatic rings. The highest BCUT2D eigenvalue weighted by Gasteiger charge is 2.18. The van der Waals surface area contributed by atoms with E-state index < -0.39 is 0 Å². The van der Waals surface area contributed by atoms with E-state index in [0.717, 1.165) is 22.3 Å². The van der Waals surface area contributed by atoms with E-state index in [0.29, 0.717) is 0 Å². The molecule has 0 aromatic heterocycles. The van der Waals surface area contributed by atoms with Crippen molar-refractivity contribution in [3.8, 4) is 17.2 Å². The average Bonchev–Trinajstić information content (AvgIpc) is 2.55. The van der Waals surface area contributed by atoms with Crippen LogP contribution in [0.4, 0.5) is 0 Å². The summed E-state index contributed by atoms with van der Waals surface area (Å²) in [5.74, 6) is 0.586. The molecule has 0 spiro atoms. The van der Waals surface area contributed by atoms with Gasteiger partial charge in [0.2, 0.25) is 0 Å². The monoisotopic (exact) mass is 306 g/mol. The first kappa shape index (κ1) is 15.0. The molecule has 116 valence electrons. The predicted molar refractivity (Wildman–Crippen MR) is 90.0 cm³/mol. The third-order valence-electron chi connectivity index (χ3n) is 4.02. The van der Waals surface area contributed by atoms with Gasteiger partial charge in [-0.3, -0.25) is 0 Å². The van der Waals surface area contributed by atoms with Crippen molar-refractivity contribution in [2.45, 2.75) is 12.8 Å². The normalized spacial score (nSPS) is 10.9. The topological polar surface area (TPSA) is 60.7 Å². The molecule has 3 nitrogen and oxygen atoms in total. The molecule has 3 heteroatoms. The first-order valence-corrected chi connectivity index (χ1v) is 7.42. The quantitative estimate of drug-likeness (QED) is 0.633. The van der Waals surface area contributed by atoms with Crippen LogP contribution in [0, 0.1) is 6.92 Å². The summed E-state index contributed by atoms with van der Waals surface area (Å²) in [6, 6.07) is 19.7. The van der Waals surface area contributed by atoms with Crippen molar-refractivity contribution in [3.63, 3.8) is 0 Å². The molecule has 0 radical (unpaired) electrons. The molecule has 23 heavy (non-hydrogen) atoms. The highest BCUT2D eigenvalue weighted by Crippen LogP contribution is 2.35. The van der Waals surface area contributed by atoms with E-state index >= 15 is 0 Å². The van der Waals surface area contributed by atoms with Crippen LogP contribution < -0.4 is 0 Å². The van der Waals surface area contributed by atoms with Crippen molar-refractivity contribution in [1.29, 1.82) is 0 Å². The number of aromatic hydroxyl groups is 3. The van der Waals surface area contributed by atoms with Gasteiger partial charge in [-0.15, -0.1) is 0 Å². The summed E-state index contributed by atoms with van der Waals surface area (Å²) in [4.78, 5) is 0. The zero-order valence-corrected chi connectivity index (χ0v) is 12.8. The fraction of sp³-hybridized carbons (Fsp3) is 0.100. The van der Waals surface area contributed by atoms with E-state index in [1.54, 1.807) is 30.3 Å². The molecule has 3 aromatic rings. The van der Waals surface area contributed by atoms with Crippen molar-refractivity contribution < 1.29 is 15.3 Å². The van der Waals surface area contributed by atoms with Gasteiger partial charge in [0.25, 0.3) is 0 Å². The Kier molecular flexibility index (Phi) is 3.94. The molecular formula is C20H18O3. The van der Waals surface area contributed by atoms with Crippen LogP contribution in [-0.2, 0) is 0 Å². The first-order chi connectivity index (χ1) is 11.0. The van der Waals surface area contributed by atoms with E-state index in [9.17, 15) is 15.3 Å². The summed E-state index contributed by atoms with van der Waals surface area (Å²) in [7, 11) is 0. The maximum absolute atomic E-state index is 10.1. The molecule has 3 rings (SSSR count). The molecule has 0 unspecified atom stereocenters. The van der Waals surface area contributed by atoms with Gasteiger partial charge in [0.15, 0.2) is 0 Å². The summed E-state index contributed by atoms with van der Waals surface area (Å²) >= 11 is 0. The van der Waals surface area contributed by atoms with E-state index in [4.69, 9.17) is 0 Å². The van der Waals surface area contributed by atoms with E-state index in [1.165, 1.54) is 0 Å². The zero-order valence-electron chi connectivity index (χ0n) is 12.8. The van der Waals surface area contributed by atoms with Gasteiger partial charge in [-0.2, -0.15) is 0 Å². The molecule has 0 atom stereocenters. The Balaban J connectivity index is 2.14. The second-order valence-corrected chi connectivity index (χ2v) is 5.66. The lowest BCUT2D eigenvalue weighted by molar-refractivity contribution is 0.469. The second-order valence-electron chi connectivity index (χ2n) is 5.66. The molecule has 0 bridgehead atoms. The Labute approximate surface area is 135 Å². The molecule has 0 heterocycles. The molecule has 0 saturated carbocycles. The van der Waals surface area contributed by atoms with Crippen LogP contribution in [0.2, 0.25) is 0 Å². The minimum Gasteiger partial charge on any atom is -0.508 e. The summed E-state index contributed by atoms with van der Waals surface area (Å²) < 4.78 is 0. The number of hydrogen-bond acceptors (Lipinski definition) is 3. The minimum atomic E-state index is -0.0947. The van der Waals surface area contributed by atoms with Crippen molar-refractivity contribution in [2.24, 2.45) is 0 Å². The van der Waals surface area contributed by atoms with Crippen LogP contribution in [-0.4, -0.2) is 15.3 Å². The fourth-order valence-corrected chi connectivity index (χ4v) is 2.72. The van der Waals surface area contributed by atoms with Crippen LogP contribution in [0.15, 0.2) is 66.7 Å². The Morgan fingerprint density at radius 2 is 1.04 bits per heavy atom. The van der Waals surface area contributed by atoms with Gasteiger partial charge in [-0.05, 0) is 59.5 Å². The molecule has 0 amide bonds. The van der Waals surface area contributed by atoms with Gasteiger partial charge in [0.1, 0.15) is 17.2 Å².